The zero-order valence-electron chi connectivity index (χ0n) is 12.2. The fourth-order valence-corrected chi connectivity index (χ4v) is 2.93. The summed E-state index contributed by atoms with van der Waals surface area (Å²) in [7, 11) is 0. The highest BCUT2D eigenvalue weighted by molar-refractivity contribution is 7.12. The van der Waals surface area contributed by atoms with Crippen LogP contribution in [0.1, 0.15) is 28.9 Å². The van der Waals surface area contributed by atoms with E-state index in [1.165, 1.54) is 11.3 Å². The second-order valence-electron chi connectivity index (χ2n) is 5.06. The van der Waals surface area contributed by atoms with Crippen molar-refractivity contribution in [3.63, 3.8) is 0 Å². The maximum Gasteiger partial charge on any atom is 0.220 e. The van der Waals surface area contributed by atoms with Crippen LogP contribution in [0.15, 0.2) is 17.5 Å². The first-order chi connectivity index (χ1) is 10.3. The molecule has 1 aromatic rings. The van der Waals surface area contributed by atoms with Crippen molar-refractivity contribution in [2.75, 3.05) is 39.4 Å². The molecule has 0 saturated carbocycles. The molecule has 2 rings (SSSR count). The summed E-state index contributed by atoms with van der Waals surface area (Å²) in [5.41, 5.74) is 0. The lowest BCUT2D eigenvalue weighted by atomic mass is 10.2. The van der Waals surface area contributed by atoms with Gasteiger partial charge in [-0.05, 0) is 24.4 Å². The highest BCUT2D eigenvalue weighted by atomic mass is 32.1. The van der Waals surface area contributed by atoms with Gasteiger partial charge < -0.3 is 10.1 Å². The largest absolute Gasteiger partial charge is 0.379 e. The monoisotopic (exact) mass is 310 g/mol. The number of Topliss-reactive ketones (excluding diaryl/α,β-unsaturated/α-hetero) is 1. The fraction of sp³-hybridized carbons (Fsp3) is 0.600. The van der Waals surface area contributed by atoms with E-state index in [4.69, 9.17) is 4.74 Å². The zero-order valence-corrected chi connectivity index (χ0v) is 13.0. The van der Waals surface area contributed by atoms with Gasteiger partial charge in [-0.3, -0.25) is 14.5 Å². The summed E-state index contributed by atoms with van der Waals surface area (Å²) in [5, 5.41) is 4.75. The van der Waals surface area contributed by atoms with Crippen molar-refractivity contribution in [2.24, 2.45) is 0 Å². The van der Waals surface area contributed by atoms with Crippen molar-refractivity contribution in [1.82, 2.24) is 10.2 Å². The van der Waals surface area contributed by atoms with Crippen molar-refractivity contribution in [3.8, 4) is 0 Å². The summed E-state index contributed by atoms with van der Waals surface area (Å²) in [6.45, 7) is 5.21. The Labute approximate surface area is 129 Å². The number of ketones is 1. The minimum Gasteiger partial charge on any atom is -0.379 e. The average molecular weight is 310 g/mol. The first kappa shape index (κ1) is 16.1. The van der Waals surface area contributed by atoms with Crippen LogP contribution >= 0.6 is 11.3 Å². The number of morpholine rings is 1. The van der Waals surface area contributed by atoms with Crippen LogP contribution in [0.5, 0.6) is 0 Å². The van der Waals surface area contributed by atoms with Crippen molar-refractivity contribution in [1.29, 1.82) is 0 Å². The Morgan fingerprint density at radius 3 is 2.81 bits per heavy atom. The standard InChI is InChI=1S/C15H22N2O3S/c18-13(14-3-1-12-21-14)4-5-15(19)16-6-2-7-17-8-10-20-11-9-17/h1,3,12H,2,4-11H2,(H,16,19). The summed E-state index contributed by atoms with van der Waals surface area (Å²) in [6.07, 6.45) is 1.49. The highest BCUT2D eigenvalue weighted by Gasteiger charge is 2.11. The Kier molecular flexibility index (Phi) is 6.85. The number of nitrogens with zero attached hydrogens (tertiary/aromatic N) is 1. The SMILES string of the molecule is O=C(CCC(=O)c1cccs1)NCCCN1CCOCC1. The second kappa shape index (κ2) is 8.92. The maximum absolute atomic E-state index is 11.8. The van der Waals surface area contributed by atoms with Crippen LogP contribution < -0.4 is 5.32 Å². The molecule has 1 amide bonds. The van der Waals surface area contributed by atoms with E-state index in [2.05, 4.69) is 10.2 Å². The van der Waals surface area contributed by atoms with Gasteiger partial charge in [-0.2, -0.15) is 0 Å². The van der Waals surface area contributed by atoms with Gasteiger partial charge in [0.2, 0.25) is 5.91 Å². The number of carbonyl (C=O) groups excluding carboxylic acids is 2. The van der Waals surface area contributed by atoms with E-state index in [1.54, 1.807) is 6.07 Å². The molecule has 0 aromatic carbocycles. The van der Waals surface area contributed by atoms with Crippen LogP contribution in [-0.4, -0.2) is 56.0 Å². The smallest absolute Gasteiger partial charge is 0.220 e. The summed E-state index contributed by atoms with van der Waals surface area (Å²) >= 11 is 1.42. The minimum atomic E-state index is -0.0399. The molecule has 1 saturated heterocycles. The molecule has 5 nitrogen and oxygen atoms in total. The van der Waals surface area contributed by atoms with E-state index in [0.29, 0.717) is 6.54 Å². The van der Waals surface area contributed by atoms with E-state index < -0.39 is 0 Å². The molecule has 2 heterocycles. The average Bonchev–Trinajstić information content (AvgIpc) is 3.05. The fourth-order valence-electron chi connectivity index (χ4n) is 2.23. The summed E-state index contributed by atoms with van der Waals surface area (Å²) in [5.74, 6) is 0.00958. The number of hydrogen-bond donors (Lipinski definition) is 1. The topological polar surface area (TPSA) is 58.6 Å². The molecule has 1 aliphatic heterocycles. The minimum absolute atomic E-state index is 0.0399. The lowest BCUT2D eigenvalue weighted by Crippen LogP contribution is -2.38. The molecule has 0 unspecified atom stereocenters. The zero-order chi connectivity index (χ0) is 14.9. The van der Waals surface area contributed by atoms with Crippen LogP contribution in [-0.2, 0) is 9.53 Å². The van der Waals surface area contributed by atoms with Crippen LogP contribution in [0.3, 0.4) is 0 Å². The van der Waals surface area contributed by atoms with Gasteiger partial charge in [0.1, 0.15) is 0 Å². The van der Waals surface area contributed by atoms with Gasteiger partial charge in [0.15, 0.2) is 5.78 Å². The first-order valence-corrected chi connectivity index (χ1v) is 8.27. The molecule has 116 valence electrons. The van der Waals surface area contributed by atoms with Gasteiger partial charge in [0.25, 0.3) is 0 Å². The maximum atomic E-state index is 11.8. The summed E-state index contributed by atoms with van der Waals surface area (Å²) < 4.78 is 5.29. The van der Waals surface area contributed by atoms with Crippen molar-refractivity contribution in [2.45, 2.75) is 19.3 Å². The van der Waals surface area contributed by atoms with Crippen LogP contribution in [0.2, 0.25) is 0 Å². The molecule has 0 atom stereocenters. The number of ether oxygens (including phenoxy) is 1. The predicted molar refractivity (Wildman–Crippen MR) is 82.8 cm³/mol. The van der Waals surface area contributed by atoms with E-state index in [-0.39, 0.29) is 24.5 Å². The summed E-state index contributed by atoms with van der Waals surface area (Å²) in [6, 6.07) is 3.65. The number of carbonyl (C=O) groups is 2. The Balaban J connectivity index is 1.52. The lowest BCUT2D eigenvalue weighted by Gasteiger charge is -2.26. The molecule has 1 aliphatic rings. The molecular weight excluding hydrogens is 288 g/mol. The van der Waals surface area contributed by atoms with Gasteiger partial charge in [-0.1, -0.05) is 6.07 Å². The van der Waals surface area contributed by atoms with Crippen molar-refractivity contribution >= 4 is 23.0 Å². The molecule has 1 aromatic heterocycles. The van der Waals surface area contributed by atoms with E-state index >= 15 is 0 Å². The first-order valence-electron chi connectivity index (χ1n) is 7.39. The number of hydrogen-bond acceptors (Lipinski definition) is 5. The van der Waals surface area contributed by atoms with E-state index in [1.807, 2.05) is 11.4 Å². The van der Waals surface area contributed by atoms with E-state index in [9.17, 15) is 9.59 Å². The predicted octanol–water partition coefficient (Wildman–Crippen LogP) is 1.55. The van der Waals surface area contributed by atoms with Crippen LogP contribution in [0.25, 0.3) is 0 Å². The van der Waals surface area contributed by atoms with Crippen molar-refractivity contribution < 1.29 is 14.3 Å². The number of rotatable bonds is 8. The van der Waals surface area contributed by atoms with Gasteiger partial charge in [0, 0.05) is 32.5 Å². The molecule has 0 radical (unpaired) electrons. The van der Waals surface area contributed by atoms with Gasteiger partial charge in [-0.15, -0.1) is 11.3 Å². The summed E-state index contributed by atoms with van der Waals surface area (Å²) in [4.78, 5) is 26.5. The van der Waals surface area contributed by atoms with Gasteiger partial charge in [0.05, 0.1) is 18.1 Å². The van der Waals surface area contributed by atoms with Gasteiger partial charge >= 0.3 is 0 Å². The second-order valence-corrected chi connectivity index (χ2v) is 6.01. The molecule has 0 spiro atoms. The van der Waals surface area contributed by atoms with E-state index in [0.717, 1.165) is 44.1 Å². The molecule has 0 bridgehead atoms. The normalized spacial score (nSPS) is 15.8. The number of nitrogens with one attached hydrogen (secondary N) is 1. The number of amides is 1. The molecule has 1 fully saturated rings. The van der Waals surface area contributed by atoms with Crippen LogP contribution in [0.4, 0.5) is 0 Å². The Hall–Kier alpha value is -1.24. The Morgan fingerprint density at radius 2 is 2.10 bits per heavy atom. The number of thiophene rings is 1. The van der Waals surface area contributed by atoms with Crippen LogP contribution in [0, 0.1) is 0 Å². The van der Waals surface area contributed by atoms with Gasteiger partial charge in [-0.25, -0.2) is 0 Å². The Bertz CT molecular complexity index is 442. The third-order valence-electron chi connectivity index (χ3n) is 3.45. The lowest BCUT2D eigenvalue weighted by molar-refractivity contribution is -0.121. The third-order valence-corrected chi connectivity index (χ3v) is 4.36. The Morgan fingerprint density at radius 1 is 1.29 bits per heavy atom. The highest BCUT2D eigenvalue weighted by Crippen LogP contribution is 2.12. The van der Waals surface area contributed by atoms with Crippen molar-refractivity contribution in [3.05, 3.63) is 22.4 Å². The molecule has 6 heteroatoms. The molecular formula is C15H22N2O3S. The quantitative estimate of drug-likeness (QED) is 0.585. The molecule has 1 N–H and O–H groups in total. The molecule has 21 heavy (non-hydrogen) atoms. The molecule has 0 aliphatic carbocycles. The third kappa shape index (κ3) is 5.95.